The molecule has 16 heavy (non-hydrogen) atoms. The maximum atomic E-state index is 5.25. The van der Waals surface area contributed by atoms with Gasteiger partial charge in [-0.05, 0) is 38.8 Å². The van der Waals surface area contributed by atoms with Crippen molar-refractivity contribution >= 4 is 0 Å². The van der Waals surface area contributed by atoms with E-state index in [0.717, 1.165) is 25.1 Å². The third kappa shape index (κ3) is 2.76. The lowest BCUT2D eigenvalue weighted by atomic mass is 9.85. The second-order valence-corrected chi connectivity index (χ2v) is 5.34. The minimum absolute atomic E-state index is 0.491. The lowest BCUT2D eigenvalue weighted by molar-refractivity contribution is 0.121. The van der Waals surface area contributed by atoms with Gasteiger partial charge in [0, 0.05) is 25.7 Å². The fourth-order valence-electron chi connectivity index (χ4n) is 3.44. The third-order valence-electron chi connectivity index (χ3n) is 4.36. The zero-order chi connectivity index (χ0) is 11.4. The van der Waals surface area contributed by atoms with Crippen LogP contribution in [0, 0.1) is 5.92 Å². The van der Waals surface area contributed by atoms with Crippen molar-refractivity contribution in [1.29, 1.82) is 0 Å². The summed E-state index contributed by atoms with van der Waals surface area (Å²) < 4.78 is 5.25. The smallest absolute Gasteiger partial charge is 0.0628 e. The van der Waals surface area contributed by atoms with E-state index >= 15 is 0 Å². The summed E-state index contributed by atoms with van der Waals surface area (Å²) in [5.41, 5.74) is 0. The first-order valence-corrected chi connectivity index (χ1v) is 6.75. The number of likely N-dealkylation sites (N-methyl/N-ethyl adjacent to an activating group) is 1. The summed E-state index contributed by atoms with van der Waals surface area (Å²) in [6, 6.07) is 1.37. The Morgan fingerprint density at radius 1 is 1.31 bits per heavy atom. The number of ether oxygens (including phenoxy) is 1. The van der Waals surface area contributed by atoms with E-state index in [1.807, 2.05) is 7.05 Å². The fourth-order valence-corrected chi connectivity index (χ4v) is 3.44. The Labute approximate surface area is 99.5 Å². The zero-order valence-electron chi connectivity index (χ0n) is 10.7. The summed E-state index contributed by atoms with van der Waals surface area (Å²) in [4.78, 5) is 2.70. The Kier molecular flexibility index (Phi) is 4.62. The number of likely N-dealkylation sites (tertiary alicyclic amines) is 1. The molecule has 2 fully saturated rings. The third-order valence-corrected chi connectivity index (χ3v) is 4.36. The number of hydrogen-bond donors (Lipinski definition) is 1. The van der Waals surface area contributed by atoms with Crippen LogP contribution in [0.2, 0.25) is 0 Å². The van der Waals surface area contributed by atoms with Crippen molar-refractivity contribution in [3.8, 4) is 0 Å². The molecule has 3 heteroatoms. The van der Waals surface area contributed by atoms with Gasteiger partial charge in [0.05, 0.1) is 6.61 Å². The highest BCUT2D eigenvalue weighted by molar-refractivity contribution is 4.91. The van der Waals surface area contributed by atoms with E-state index in [9.17, 15) is 0 Å². The molecule has 1 heterocycles. The Morgan fingerprint density at radius 3 is 2.88 bits per heavy atom. The van der Waals surface area contributed by atoms with E-state index in [4.69, 9.17) is 4.74 Å². The van der Waals surface area contributed by atoms with Crippen molar-refractivity contribution in [1.82, 2.24) is 10.2 Å². The van der Waals surface area contributed by atoms with E-state index in [1.54, 1.807) is 7.11 Å². The first-order valence-electron chi connectivity index (χ1n) is 6.75. The summed E-state index contributed by atoms with van der Waals surface area (Å²) in [6.45, 7) is 3.28. The van der Waals surface area contributed by atoms with Gasteiger partial charge in [-0.1, -0.05) is 12.8 Å². The lowest BCUT2D eigenvalue weighted by Crippen LogP contribution is -2.45. The topological polar surface area (TPSA) is 24.5 Å². The van der Waals surface area contributed by atoms with Gasteiger partial charge in [0.1, 0.15) is 0 Å². The van der Waals surface area contributed by atoms with Gasteiger partial charge in [0.2, 0.25) is 0 Å². The number of rotatable bonds is 5. The number of hydrogen-bond acceptors (Lipinski definition) is 3. The van der Waals surface area contributed by atoms with Crippen LogP contribution in [0.5, 0.6) is 0 Å². The van der Waals surface area contributed by atoms with Crippen LogP contribution in [0.1, 0.15) is 32.1 Å². The van der Waals surface area contributed by atoms with E-state index in [0.29, 0.717) is 6.04 Å². The maximum Gasteiger partial charge on any atom is 0.0628 e. The molecule has 3 unspecified atom stereocenters. The predicted molar refractivity (Wildman–Crippen MR) is 66.7 cm³/mol. The molecule has 1 N–H and O–H groups in total. The second kappa shape index (κ2) is 5.99. The highest BCUT2D eigenvalue weighted by Gasteiger charge is 2.36. The van der Waals surface area contributed by atoms with Crippen molar-refractivity contribution in [3.63, 3.8) is 0 Å². The molecule has 0 amide bonds. The van der Waals surface area contributed by atoms with E-state index in [1.165, 1.54) is 38.6 Å². The van der Waals surface area contributed by atoms with Gasteiger partial charge in [0.25, 0.3) is 0 Å². The highest BCUT2D eigenvalue weighted by Crippen LogP contribution is 2.35. The fraction of sp³-hybridized carbons (Fsp3) is 1.00. The van der Waals surface area contributed by atoms with Crippen LogP contribution in [0.4, 0.5) is 0 Å². The average Bonchev–Trinajstić information content (AvgIpc) is 2.72. The summed E-state index contributed by atoms with van der Waals surface area (Å²) in [7, 11) is 3.83. The van der Waals surface area contributed by atoms with Gasteiger partial charge in [-0.25, -0.2) is 0 Å². The molecular formula is C13H26N2O. The predicted octanol–water partition coefficient (Wildman–Crippen LogP) is 1.49. The van der Waals surface area contributed by atoms with Gasteiger partial charge in [-0.15, -0.1) is 0 Å². The monoisotopic (exact) mass is 226 g/mol. The molecule has 3 atom stereocenters. The van der Waals surface area contributed by atoms with Crippen LogP contribution in [0.3, 0.4) is 0 Å². The maximum absolute atomic E-state index is 5.25. The Morgan fingerprint density at radius 2 is 2.12 bits per heavy atom. The Bertz CT molecular complexity index is 210. The minimum Gasteiger partial charge on any atom is -0.383 e. The number of fused-ring (bicyclic) bond motifs is 1. The van der Waals surface area contributed by atoms with Crippen LogP contribution in [-0.2, 0) is 4.74 Å². The van der Waals surface area contributed by atoms with Crippen LogP contribution in [0.25, 0.3) is 0 Å². The average molecular weight is 226 g/mol. The molecule has 0 aromatic carbocycles. The van der Waals surface area contributed by atoms with Crippen LogP contribution < -0.4 is 5.32 Å². The van der Waals surface area contributed by atoms with Gasteiger partial charge < -0.3 is 10.1 Å². The molecule has 1 saturated heterocycles. The molecule has 0 aromatic heterocycles. The normalized spacial score (nSPS) is 32.6. The molecule has 0 spiro atoms. The van der Waals surface area contributed by atoms with Crippen LogP contribution in [-0.4, -0.2) is 50.8 Å². The van der Waals surface area contributed by atoms with Gasteiger partial charge in [0.15, 0.2) is 0 Å². The van der Waals surface area contributed by atoms with E-state index < -0.39 is 0 Å². The summed E-state index contributed by atoms with van der Waals surface area (Å²) in [6.07, 6.45) is 7.21. The molecule has 0 radical (unpaired) electrons. The molecular weight excluding hydrogens is 200 g/mol. The minimum atomic E-state index is 0.491. The standard InChI is InChI=1S/C13H26N2O/c1-14-12(10-16-2)9-15-8-7-11-5-3-4-6-13(11)15/h11-14H,3-10H2,1-2H3. The SMILES string of the molecule is CNC(COC)CN1CCC2CCCCC21. The summed E-state index contributed by atoms with van der Waals surface area (Å²) in [5, 5.41) is 3.36. The van der Waals surface area contributed by atoms with Crippen molar-refractivity contribution in [3.05, 3.63) is 0 Å². The molecule has 1 aliphatic heterocycles. The van der Waals surface area contributed by atoms with Crippen LogP contribution in [0.15, 0.2) is 0 Å². The molecule has 94 valence electrons. The van der Waals surface area contributed by atoms with Gasteiger partial charge in [-0.2, -0.15) is 0 Å². The number of nitrogens with one attached hydrogen (secondary N) is 1. The second-order valence-electron chi connectivity index (χ2n) is 5.34. The molecule has 1 saturated carbocycles. The molecule has 2 aliphatic rings. The summed E-state index contributed by atoms with van der Waals surface area (Å²) in [5.74, 6) is 0.994. The molecule has 1 aliphatic carbocycles. The quantitative estimate of drug-likeness (QED) is 0.768. The Balaban J connectivity index is 1.84. The first-order chi connectivity index (χ1) is 7.85. The van der Waals surface area contributed by atoms with E-state index in [2.05, 4.69) is 10.2 Å². The largest absolute Gasteiger partial charge is 0.383 e. The molecule has 0 bridgehead atoms. The molecule has 0 aromatic rings. The van der Waals surface area contributed by atoms with Crippen molar-refractivity contribution < 1.29 is 4.74 Å². The van der Waals surface area contributed by atoms with Gasteiger partial charge >= 0.3 is 0 Å². The number of methoxy groups -OCH3 is 1. The molecule has 2 rings (SSSR count). The summed E-state index contributed by atoms with van der Waals surface area (Å²) >= 11 is 0. The Hall–Kier alpha value is -0.120. The highest BCUT2D eigenvalue weighted by atomic mass is 16.5. The van der Waals surface area contributed by atoms with Gasteiger partial charge in [-0.3, -0.25) is 4.90 Å². The van der Waals surface area contributed by atoms with E-state index in [-0.39, 0.29) is 0 Å². The van der Waals surface area contributed by atoms with Crippen molar-refractivity contribution in [2.45, 2.75) is 44.2 Å². The first kappa shape index (κ1) is 12.3. The van der Waals surface area contributed by atoms with Crippen molar-refractivity contribution in [2.24, 2.45) is 5.92 Å². The van der Waals surface area contributed by atoms with Crippen LogP contribution >= 0.6 is 0 Å². The van der Waals surface area contributed by atoms with Crippen molar-refractivity contribution in [2.75, 3.05) is 33.9 Å². The zero-order valence-corrected chi connectivity index (χ0v) is 10.7. The molecule has 3 nitrogen and oxygen atoms in total. The number of nitrogens with zero attached hydrogens (tertiary/aromatic N) is 1. The lowest BCUT2D eigenvalue weighted by Gasteiger charge is -2.33.